The first-order valence-electron chi connectivity index (χ1n) is 9.30. The van der Waals surface area contributed by atoms with Crippen LogP contribution in [-0.2, 0) is 13.0 Å². The van der Waals surface area contributed by atoms with Gasteiger partial charge >= 0.3 is 5.69 Å². The minimum Gasteiger partial charge on any atom is -0.327 e. The van der Waals surface area contributed by atoms with Crippen LogP contribution in [0.25, 0.3) is 11.0 Å². The first kappa shape index (κ1) is 17.9. The highest BCUT2D eigenvalue weighted by Gasteiger charge is 2.36. The lowest BCUT2D eigenvalue weighted by Gasteiger charge is -2.26. The molecule has 6 nitrogen and oxygen atoms in total. The van der Waals surface area contributed by atoms with E-state index < -0.39 is 0 Å². The second kappa shape index (κ2) is 7.00. The van der Waals surface area contributed by atoms with Crippen molar-refractivity contribution in [3.05, 3.63) is 98.1 Å². The van der Waals surface area contributed by atoms with Gasteiger partial charge in [-0.1, -0.05) is 24.3 Å². The zero-order chi connectivity index (χ0) is 20.0. The number of hydrogen-bond acceptors (Lipinski definition) is 3. The zero-order valence-corrected chi connectivity index (χ0v) is 16.9. The average Bonchev–Trinajstić information content (AvgIpc) is 3.21. The molecule has 0 fully saturated rings. The van der Waals surface area contributed by atoms with Crippen LogP contribution in [-0.4, -0.2) is 25.8 Å². The number of hydrogen-bond donors (Lipinski definition) is 2. The van der Waals surface area contributed by atoms with E-state index in [0.29, 0.717) is 13.0 Å². The fourth-order valence-electron chi connectivity index (χ4n) is 3.98. The molecule has 0 aliphatic carbocycles. The maximum atomic E-state index is 13.2. The second-order valence-electron chi connectivity index (χ2n) is 7.13. The van der Waals surface area contributed by atoms with Crippen LogP contribution in [0.15, 0.2) is 70.1 Å². The van der Waals surface area contributed by atoms with Gasteiger partial charge in [0.05, 0.1) is 22.8 Å². The molecule has 0 radical (unpaired) electrons. The van der Waals surface area contributed by atoms with Crippen molar-refractivity contribution in [1.29, 1.82) is 0 Å². The molecule has 0 spiro atoms. The maximum absolute atomic E-state index is 13.2. The van der Waals surface area contributed by atoms with Crippen LogP contribution >= 0.6 is 15.9 Å². The van der Waals surface area contributed by atoms with E-state index >= 15 is 0 Å². The van der Waals surface area contributed by atoms with Crippen molar-refractivity contribution >= 4 is 32.9 Å². The molecule has 1 unspecified atom stereocenters. The molecule has 2 N–H and O–H groups in total. The Bertz CT molecular complexity index is 1290. The number of carbonyl (C=O) groups is 1. The van der Waals surface area contributed by atoms with Gasteiger partial charge in [0.25, 0.3) is 5.91 Å². The van der Waals surface area contributed by atoms with Crippen LogP contribution in [0, 0.1) is 0 Å². The number of carbonyl (C=O) groups excluding carboxylic acids is 1. The Morgan fingerprint density at radius 1 is 1.00 bits per heavy atom. The van der Waals surface area contributed by atoms with Crippen LogP contribution in [0.3, 0.4) is 0 Å². The summed E-state index contributed by atoms with van der Waals surface area (Å²) in [5.74, 6) is 0.0142. The summed E-state index contributed by atoms with van der Waals surface area (Å²) in [6.07, 6.45) is 2.39. The predicted molar refractivity (Wildman–Crippen MR) is 114 cm³/mol. The molecule has 7 heteroatoms. The van der Waals surface area contributed by atoms with Gasteiger partial charge in [-0.05, 0) is 57.4 Å². The van der Waals surface area contributed by atoms with Gasteiger partial charge in [0.15, 0.2) is 0 Å². The van der Waals surface area contributed by atoms with Crippen molar-refractivity contribution in [3.63, 3.8) is 0 Å². The molecule has 1 aliphatic rings. The molecule has 5 rings (SSSR count). The summed E-state index contributed by atoms with van der Waals surface area (Å²) in [4.78, 5) is 36.6. The fourth-order valence-corrected chi connectivity index (χ4v) is 4.39. The van der Waals surface area contributed by atoms with Crippen molar-refractivity contribution in [2.75, 3.05) is 0 Å². The highest BCUT2D eigenvalue weighted by atomic mass is 79.9. The van der Waals surface area contributed by atoms with E-state index in [1.54, 1.807) is 6.20 Å². The molecule has 0 bridgehead atoms. The van der Waals surface area contributed by atoms with Crippen molar-refractivity contribution in [1.82, 2.24) is 19.9 Å². The van der Waals surface area contributed by atoms with Crippen LogP contribution in [0.2, 0.25) is 0 Å². The molecule has 1 amide bonds. The predicted octanol–water partition coefficient (Wildman–Crippen LogP) is 3.95. The quantitative estimate of drug-likeness (QED) is 0.495. The Kier molecular flexibility index (Phi) is 4.32. The van der Waals surface area contributed by atoms with Crippen LogP contribution in [0.4, 0.5) is 0 Å². The van der Waals surface area contributed by atoms with Crippen molar-refractivity contribution in [2.45, 2.75) is 19.0 Å². The summed E-state index contributed by atoms with van der Waals surface area (Å²) < 4.78 is 0.933. The highest BCUT2D eigenvalue weighted by Crippen LogP contribution is 2.37. The van der Waals surface area contributed by atoms with E-state index in [2.05, 4.69) is 30.9 Å². The van der Waals surface area contributed by atoms with Gasteiger partial charge in [0.1, 0.15) is 0 Å². The number of halogens is 1. The van der Waals surface area contributed by atoms with Gasteiger partial charge in [0, 0.05) is 29.2 Å². The first-order chi connectivity index (χ1) is 14.1. The number of amides is 1. The van der Waals surface area contributed by atoms with Gasteiger partial charge in [0.2, 0.25) is 0 Å². The largest absolute Gasteiger partial charge is 0.327 e. The molecule has 4 aromatic rings. The summed E-state index contributed by atoms with van der Waals surface area (Å²) in [5.41, 5.74) is 4.88. The van der Waals surface area contributed by atoms with Crippen LogP contribution in [0.5, 0.6) is 0 Å². The number of H-pyrrole nitrogens is 2. The molecule has 1 aliphatic heterocycles. The number of aromatic nitrogens is 3. The van der Waals surface area contributed by atoms with Gasteiger partial charge in [-0.3, -0.25) is 9.78 Å². The number of nitrogens with zero attached hydrogens (tertiary/aromatic N) is 2. The number of pyridine rings is 1. The number of benzene rings is 2. The maximum Gasteiger partial charge on any atom is 0.323 e. The third-order valence-electron chi connectivity index (χ3n) is 5.34. The molecule has 144 valence electrons. The number of imidazole rings is 1. The lowest BCUT2D eigenvalue weighted by atomic mass is 10.0. The standard InChI is InChI=1S/C22H17BrN4O2/c23-16-6-3-9-24-18(16)11-20-14-4-1-2-5-15(14)21(28)27(20)12-13-7-8-17-19(10-13)26-22(29)25-17/h1-10,20H,11-12H2,(H2,25,26,29). The molecule has 0 saturated carbocycles. The van der Waals surface area contributed by atoms with Crippen molar-refractivity contribution < 1.29 is 4.79 Å². The molecule has 2 aromatic heterocycles. The third kappa shape index (κ3) is 3.17. The molecular weight excluding hydrogens is 432 g/mol. The summed E-state index contributed by atoms with van der Waals surface area (Å²) in [5, 5.41) is 0. The Hall–Kier alpha value is -3.19. The topological polar surface area (TPSA) is 81.8 Å². The smallest absolute Gasteiger partial charge is 0.323 e. The lowest BCUT2D eigenvalue weighted by Crippen LogP contribution is -2.29. The van der Waals surface area contributed by atoms with Gasteiger partial charge in [-0.15, -0.1) is 0 Å². The highest BCUT2D eigenvalue weighted by molar-refractivity contribution is 9.10. The number of aromatic amines is 2. The molecule has 3 heterocycles. The van der Waals surface area contributed by atoms with E-state index in [1.807, 2.05) is 59.5 Å². The van der Waals surface area contributed by atoms with Crippen molar-refractivity contribution in [2.24, 2.45) is 0 Å². The summed E-state index contributed by atoms with van der Waals surface area (Å²) in [6, 6.07) is 17.2. The van der Waals surface area contributed by atoms with E-state index in [9.17, 15) is 9.59 Å². The van der Waals surface area contributed by atoms with E-state index in [1.165, 1.54) is 0 Å². The fraction of sp³-hybridized carbons (Fsp3) is 0.136. The van der Waals surface area contributed by atoms with Gasteiger partial charge in [-0.2, -0.15) is 0 Å². The number of rotatable bonds is 4. The number of nitrogens with one attached hydrogen (secondary N) is 2. The molecule has 2 aromatic carbocycles. The Labute approximate surface area is 174 Å². The third-order valence-corrected chi connectivity index (χ3v) is 6.06. The normalized spacial score (nSPS) is 15.8. The van der Waals surface area contributed by atoms with E-state index in [-0.39, 0.29) is 17.6 Å². The SMILES string of the molecule is O=C1c2ccccc2C(Cc2ncccc2Br)N1Cc1ccc2[nH]c(=O)[nH]c2c1. The zero-order valence-electron chi connectivity index (χ0n) is 15.4. The van der Waals surface area contributed by atoms with Crippen LogP contribution in [0.1, 0.15) is 33.2 Å². The minimum absolute atomic E-state index is 0.0142. The second-order valence-corrected chi connectivity index (χ2v) is 7.99. The molecule has 29 heavy (non-hydrogen) atoms. The Morgan fingerprint density at radius 2 is 1.83 bits per heavy atom. The number of fused-ring (bicyclic) bond motifs is 2. The first-order valence-corrected chi connectivity index (χ1v) is 10.1. The molecule has 0 saturated heterocycles. The van der Waals surface area contributed by atoms with Gasteiger partial charge in [-0.25, -0.2) is 4.79 Å². The summed E-state index contributed by atoms with van der Waals surface area (Å²) in [6.45, 7) is 0.450. The molecular formula is C22H17BrN4O2. The monoisotopic (exact) mass is 448 g/mol. The molecule has 1 atom stereocenters. The summed E-state index contributed by atoms with van der Waals surface area (Å²) in [7, 11) is 0. The average molecular weight is 449 g/mol. The van der Waals surface area contributed by atoms with Crippen LogP contribution < -0.4 is 5.69 Å². The lowest BCUT2D eigenvalue weighted by molar-refractivity contribution is 0.0708. The Morgan fingerprint density at radius 3 is 2.69 bits per heavy atom. The minimum atomic E-state index is -0.236. The van der Waals surface area contributed by atoms with E-state index in [0.717, 1.165) is 37.9 Å². The Balaban J connectivity index is 1.53. The van der Waals surface area contributed by atoms with Gasteiger partial charge < -0.3 is 14.9 Å². The van der Waals surface area contributed by atoms with E-state index in [4.69, 9.17) is 0 Å². The van der Waals surface area contributed by atoms with Crippen molar-refractivity contribution in [3.8, 4) is 0 Å². The summed E-state index contributed by atoms with van der Waals surface area (Å²) >= 11 is 3.57.